The Labute approximate surface area is 164 Å². The fourth-order valence-corrected chi connectivity index (χ4v) is 4.26. The number of nitrogens with one attached hydrogen (secondary N) is 1. The normalized spacial score (nSPS) is 16.7. The van der Waals surface area contributed by atoms with Gasteiger partial charge in [-0.15, -0.1) is 12.4 Å². The number of hydrogen-bond acceptors (Lipinski definition) is 6. The molecule has 0 aliphatic heterocycles. The van der Waals surface area contributed by atoms with Gasteiger partial charge in [-0.3, -0.25) is 0 Å². The highest BCUT2D eigenvalue weighted by molar-refractivity contribution is 7.89. The first-order valence-corrected chi connectivity index (χ1v) is 9.83. The zero-order valence-electron chi connectivity index (χ0n) is 14.7. The van der Waals surface area contributed by atoms with E-state index in [1.807, 2.05) is 0 Å². The van der Waals surface area contributed by atoms with Gasteiger partial charge in [0.2, 0.25) is 10.0 Å². The third-order valence-electron chi connectivity index (χ3n) is 4.04. The van der Waals surface area contributed by atoms with Gasteiger partial charge in [-0.2, -0.15) is 4.98 Å². The lowest BCUT2D eigenvalue weighted by Gasteiger charge is -2.34. The number of benzene rings is 1. The highest BCUT2D eigenvalue weighted by Gasteiger charge is 2.39. The van der Waals surface area contributed by atoms with Gasteiger partial charge in [-0.05, 0) is 58.2 Å². The molecule has 1 heterocycles. The summed E-state index contributed by atoms with van der Waals surface area (Å²) in [5.41, 5.74) is 5.39. The molecule has 26 heavy (non-hydrogen) atoms. The first kappa shape index (κ1) is 21.1. The third kappa shape index (κ3) is 4.20. The minimum absolute atomic E-state index is 0. The Morgan fingerprint density at radius 2 is 1.96 bits per heavy atom. The van der Waals surface area contributed by atoms with E-state index in [1.54, 1.807) is 20.8 Å². The van der Waals surface area contributed by atoms with Crippen molar-refractivity contribution in [1.29, 1.82) is 0 Å². The minimum atomic E-state index is -3.70. The van der Waals surface area contributed by atoms with Crippen molar-refractivity contribution in [2.45, 2.75) is 56.0 Å². The lowest BCUT2D eigenvalue weighted by Crippen LogP contribution is -2.44. The van der Waals surface area contributed by atoms with Crippen molar-refractivity contribution in [2.24, 2.45) is 5.73 Å². The molecule has 0 bridgehead atoms. The topological polar surface area (TPSA) is 111 Å². The first-order valence-electron chi connectivity index (χ1n) is 7.97. The molecule has 10 heteroatoms. The third-order valence-corrected chi connectivity index (χ3v) is 6.12. The van der Waals surface area contributed by atoms with Crippen LogP contribution in [-0.4, -0.2) is 24.1 Å². The first-order chi connectivity index (χ1) is 11.5. The Morgan fingerprint density at radius 1 is 1.31 bits per heavy atom. The molecule has 0 saturated heterocycles. The Balaban J connectivity index is 0.00000243. The quantitative estimate of drug-likeness (QED) is 0.784. The summed E-state index contributed by atoms with van der Waals surface area (Å²) in [7, 11) is -3.70. The molecule has 1 fully saturated rings. The second kappa shape index (κ2) is 7.09. The average Bonchev–Trinajstić information content (AvgIpc) is 2.92. The summed E-state index contributed by atoms with van der Waals surface area (Å²) in [6, 6.07) is 4.37. The number of hydrogen-bond donors (Lipinski definition) is 2. The van der Waals surface area contributed by atoms with Crippen LogP contribution in [0.3, 0.4) is 0 Å². The lowest BCUT2D eigenvalue weighted by molar-refractivity contribution is 0.229. The van der Waals surface area contributed by atoms with E-state index in [-0.39, 0.29) is 23.2 Å². The summed E-state index contributed by atoms with van der Waals surface area (Å²) in [4.78, 5) is 4.41. The van der Waals surface area contributed by atoms with Gasteiger partial charge in [0, 0.05) is 5.54 Å². The van der Waals surface area contributed by atoms with Crippen LogP contribution in [0.25, 0.3) is 11.5 Å². The van der Waals surface area contributed by atoms with Crippen LogP contribution in [0.5, 0.6) is 0 Å². The van der Waals surface area contributed by atoms with Crippen LogP contribution in [0.4, 0.5) is 0 Å². The van der Waals surface area contributed by atoms with Crippen molar-refractivity contribution >= 4 is 34.0 Å². The van der Waals surface area contributed by atoms with E-state index in [4.69, 9.17) is 21.9 Å². The maximum Gasteiger partial charge on any atom is 0.259 e. The van der Waals surface area contributed by atoms with Gasteiger partial charge in [0.05, 0.1) is 21.0 Å². The lowest BCUT2D eigenvalue weighted by atomic mass is 9.77. The van der Waals surface area contributed by atoms with Gasteiger partial charge in [-0.25, -0.2) is 13.1 Å². The number of rotatable bonds is 4. The zero-order valence-corrected chi connectivity index (χ0v) is 17.1. The molecule has 1 aromatic carbocycles. The summed E-state index contributed by atoms with van der Waals surface area (Å²) >= 11 is 6.21. The van der Waals surface area contributed by atoms with Crippen LogP contribution in [0.1, 0.15) is 45.9 Å². The molecule has 1 aliphatic carbocycles. The molecule has 0 unspecified atom stereocenters. The molecule has 0 amide bonds. The van der Waals surface area contributed by atoms with E-state index in [9.17, 15) is 8.42 Å². The van der Waals surface area contributed by atoms with E-state index in [2.05, 4.69) is 14.9 Å². The molecule has 144 valence electrons. The number of halogens is 2. The molecular weight excluding hydrogens is 399 g/mol. The summed E-state index contributed by atoms with van der Waals surface area (Å²) < 4.78 is 32.9. The molecule has 7 nitrogen and oxygen atoms in total. The fraction of sp³-hybridized carbons (Fsp3) is 0.500. The molecule has 0 spiro atoms. The van der Waals surface area contributed by atoms with Gasteiger partial charge in [0.25, 0.3) is 5.89 Å². The number of nitrogens with two attached hydrogens (primary N) is 1. The van der Waals surface area contributed by atoms with Gasteiger partial charge in [0.15, 0.2) is 5.82 Å². The van der Waals surface area contributed by atoms with Crippen molar-refractivity contribution in [3.05, 3.63) is 29.0 Å². The molecule has 1 saturated carbocycles. The van der Waals surface area contributed by atoms with Crippen LogP contribution in [0.15, 0.2) is 27.6 Å². The van der Waals surface area contributed by atoms with Crippen molar-refractivity contribution in [2.75, 3.05) is 0 Å². The van der Waals surface area contributed by atoms with Crippen LogP contribution in [0.2, 0.25) is 5.02 Å². The number of nitrogens with zero attached hydrogens (tertiary/aromatic N) is 2. The predicted octanol–water partition coefficient (Wildman–Crippen LogP) is 3.23. The molecular formula is C16H22Cl2N4O3S. The summed E-state index contributed by atoms with van der Waals surface area (Å²) in [5.74, 6) is 0.579. The second-order valence-corrected chi connectivity index (χ2v) is 9.52. The maximum atomic E-state index is 12.5. The highest BCUT2D eigenvalue weighted by Crippen LogP contribution is 2.38. The molecule has 1 aromatic heterocycles. The summed E-state index contributed by atoms with van der Waals surface area (Å²) in [6.45, 7) is 5.31. The van der Waals surface area contributed by atoms with Gasteiger partial charge >= 0.3 is 0 Å². The second-order valence-electron chi connectivity index (χ2n) is 7.43. The predicted molar refractivity (Wildman–Crippen MR) is 102 cm³/mol. The van der Waals surface area contributed by atoms with Crippen molar-refractivity contribution in [3.8, 4) is 11.5 Å². The summed E-state index contributed by atoms with van der Waals surface area (Å²) in [6.07, 6.45) is 2.61. The van der Waals surface area contributed by atoms with Crippen LogP contribution in [0, 0.1) is 0 Å². The Morgan fingerprint density at radius 3 is 2.50 bits per heavy atom. The highest BCUT2D eigenvalue weighted by atomic mass is 35.5. The Hall–Kier alpha value is -1.19. The monoisotopic (exact) mass is 420 g/mol. The van der Waals surface area contributed by atoms with Crippen molar-refractivity contribution in [3.63, 3.8) is 0 Å². The smallest absolute Gasteiger partial charge is 0.259 e. The minimum Gasteiger partial charge on any atom is -0.334 e. The van der Waals surface area contributed by atoms with E-state index in [0.29, 0.717) is 16.4 Å². The molecule has 0 radical (unpaired) electrons. The molecule has 1 aliphatic rings. The van der Waals surface area contributed by atoms with E-state index in [0.717, 1.165) is 19.3 Å². The molecule has 3 N–H and O–H groups in total. The van der Waals surface area contributed by atoms with Gasteiger partial charge in [0.1, 0.15) is 0 Å². The van der Waals surface area contributed by atoms with E-state index >= 15 is 0 Å². The largest absolute Gasteiger partial charge is 0.334 e. The maximum absolute atomic E-state index is 12.5. The summed E-state index contributed by atoms with van der Waals surface area (Å²) in [5, 5.41) is 4.27. The standard InChI is InChI=1S/C16H21ClN4O3S.ClH/c1-15(2,3)21-25(22,23)10-5-6-12(17)11(9-10)13-19-14(20-24-13)16(18)7-4-8-16;/h5-6,9,21H,4,7-8,18H2,1-3H3;1H. The van der Waals surface area contributed by atoms with Crippen LogP contribution in [-0.2, 0) is 15.6 Å². The van der Waals surface area contributed by atoms with E-state index in [1.165, 1.54) is 18.2 Å². The average molecular weight is 421 g/mol. The van der Waals surface area contributed by atoms with Gasteiger partial charge < -0.3 is 10.3 Å². The number of aromatic nitrogens is 2. The molecule has 2 aromatic rings. The van der Waals surface area contributed by atoms with Crippen LogP contribution >= 0.6 is 24.0 Å². The van der Waals surface area contributed by atoms with Crippen molar-refractivity contribution < 1.29 is 12.9 Å². The number of sulfonamides is 1. The molecule has 0 atom stereocenters. The Kier molecular flexibility index (Phi) is 5.76. The SMILES string of the molecule is CC(C)(C)NS(=O)(=O)c1ccc(Cl)c(-c2nc(C3(N)CCC3)no2)c1.Cl. The van der Waals surface area contributed by atoms with E-state index < -0.39 is 21.1 Å². The van der Waals surface area contributed by atoms with Crippen LogP contribution < -0.4 is 10.5 Å². The molecule has 3 rings (SSSR count). The fourth-order valence-electron chi connectivity index (χ4n) is 2.61. The zero-order chi connectivity index (χ0) is 18.5. The Bertz CT molecular complexity index is 902. The van der Waals surface area contributed by atoms with Crippen molar-refractivity contribution in [1.82, 2.24) is 14.9 Å². The van der Waals surface area contributed by atoms with Gasteiger partial charge in [-0.1, -0.05) is 16.8 Å².